The molecule has 0 aliphatic carbocycles. The maximum absolute atomic E-state index is 11.6. The van der Waals surface area contributed by atoms with Crippen LogP contribution in [0.2, 0.25) is 0 Å². The molecular weight excluding hydrogens is 168 g/mol. The molecule has 0 aliphatic rings. The average molecular weight is 174 g/mol. The first-order valence-electron chi connectivity index (χ1n) is 1.77. The van der Waals surface area contributed by atoms with Crippen molar-refractivity contribution in [3.63, 3.8) is 0 Å². The molecule has 0 saturated heterocycles. The summed E-state index contributed by atoms with van der Waals surface area (Å²) >= 11 is 2.14. The zero-order valence-corrected chi connectivity index (χ0v) is 5.43. The Hall–Kier alpha value is 0.300. The fraction of sp³-hybridized carbons (Fsp3) is 1.00. The molecule has 0 bridgehead atoms. The molecule has 0 fully saturated rings. The van der Waals surface area contributed by atoms with Gasteiger partial charge in [0.1, 0.15) is 0 Å². The second-order valence-electron chi connectivity index (χ2n) is 1.15. The summed E-state index contributed by atoms with van der Waals surface area (Å²) in [4.78, 5) is -2.75. The van der Waals surface area contributed by atoms with Gasteiger partial charge in [-0.2, -0.15) is 8.78 Å². The average Bonchev–Trinajstić information content (AvgIpc) is 1.30. The van der Waals surface area contributed by atoms with E-state index in [9.17, 15) is 8.78 Å². The molecule has 0 rings (SSSR count). The topological polar surface area (TPSA) is 12.0 Å². The minimum absolute atomic E-state index is 0.326. The zero-order chi connectivity index (χ0) is 5.91. The summed E-state index contributed by atoms with van der Waals surface area (Å²) in [6.45, 7) is -0.326. The van der Waals surface area contributed by atoms with Crippen molar-refractivity contribution >= 4 is 15.9 Å². The lowest BCUT2D eigenvalue weighted by atomic mass is 10.7. The van der Waals surface area contributed by atoms with Crippen molar-refractivity contribution < 1.29 is 8.78 Å². The Bertz CT molecular complexity index is 51.4. The third-order valence-corrected chi connectivity index (χ3v) is 0.658. The quantitative estimate of drug-likeness (QED) is 0.620. The van der Waals surface area contributed by atoms with E-state index in [0.717, 1.165) is 0 Å². The molecule has 0 radical (unpaired) electrons. The van der Waals surface area contributed by atoms with Gasteiger partial charge in [0.2, 0.25) is 0 Å². The third kappa shape index (κ3) is 6.30. The summed E-state index contributed by atoms with van der Waals surface area (Å²) in [5.74, 6) is 0. The molecule has 0 aromatic heterocycles. The first kappa shape index (κ1) is 7.30. The lowest BCUT2D eigenvalue weighted by Gasteiger charge is -2.04. The van der Waals surface area contributed by atoms with Gasteiger partial charge in [0, 0.05) is 0 Å². The molecule has 0 aromatic rings. The monoisotopic (exact) mass is 173 g/mol. The molecule has 0 spiro atoms. The SMILES string of the molecule is CNCC(F)(F)Br. The summed E-state index contributed by atoms with van der Waals surface area (Å²) in [5.41, 5.74) is 0. The predicted molar refractivity (Wildman–Crippen MR) is 27.8 cm³/mol. The van der Waals surface area contributed by atoms with Crippen LogP contribution >= 0.6 is 15.9 Å². The van der Waals surface area contributed by atoms with Gasteiger partial charge in [-0.15, -0.1) is 0 Å². The van der Waals surface area contributed by atoms with Crippen molar-refractivity contribution in [3.05, 3.63) is 0 Å². The van der Waals surface area contributed by atoms with Crippen LogP contribution in [0.1, 0.15) is 0 Å². The summed E-state index contributed by atoms with van der Waals surface area (Å²) in [5, 5.41) is 2.31. The Morgan fingerprint density at radius 2 is 2.14 bits per heavy atom. The second-order valence-corrected chi connectivity index (χ2v) is 2.31. The minimum Gasteiger partial charge on any atom is -0.313 e. The van der Waals surface area contributed by atoms with Gasteiger partial charge < -0.3 is 5.32 Å². The number of hydrogen-bond acceptors (Lipinski definition) is 1. The Balaban J connectivity index is 3.15. The molecule has 1 nitrogen and oxygen atoms in total. The van der Waals surface area contributed by atoms with E-state index in [2.05, 4.69) is 21.2 Å². The Morgan fingerprint density at radius 1 is 1.71 bits per heavy atom. The van der Waals surface area contributed by atoms with Crippen LogP contribution in [0, 0.1) is 0 Å². The van der Waals surface area contributed by atoms with Crippen LogP contribution in [-0.4, -0.2) is 18.4 Å². The highest BCUT2D eigenvalue weighted by Crippen LogP contribution is 2.18. The van der Waals surface area contributed by atoms with E-state index in [0.29, 0.717) is 0 Å². The van der Waals surface area contributed by atoms with Crippen LogP contribution in [-0.2, 0) is 0 Å². The maximum atomic E-state index is 11.6. The smallest absolute Gasteiger partial charge is 0.313 e. The molecule has 0 saturated carbocycles. The summed E-state index contributed by atoms with van der Waals surface area (Å²) in [7, 11) is 1.47. The highest BCUT2D eigenvalue weighted by Gasteiger charge is 2.21. The van der Waals surface area contributed by atoms with Gasteiger partial charge in [0.25, 0.3) is 0 Å². The van der Waals surface area contributed by atoms with Crippen molar-refractivity contribution in [2.24, 2.45) is 0 Å². The number of rotatable bonds is 2. The molecule has 7 heavy (non-hydrogen) atoms. The maximum Gasteiger partial charge on any atom is 0.313 e. The van der Waals surface area contributed by atoms with Gasteiger partial charge in [-0.05, 0) is 23.0 Å². The van der Waals surface area contributed by atoms with E-state index in [4.69, 9.17) is 0 Å². The molecule has 0 aliphatic heterocycles. The van der Waals surface area contributed by atoms with Crippen molar-refractivity contribution in [2.75, 3.05) is 13.6 Å². The van der Waals surface area contributed by atoms with Gasteiger partial charge in [-0.3, -0.25) is 0 Å². The number of hydrogen-bond donors (Lipinski definition) is 1. The predicted octanol–water partition coefficient (Wildman–Crippen LogP) is 1.19. The molecule has 1 N–H and O–H groups in total. The minimum atomic E-state index is -2.75. The lowest BCUT2D eigenvalue weighted by molar-refractivity contribution is 0.116. The van der Waals surface area contributed by atoms with Crippen LogP contribution in [0.4, 0.5) is 8.78 Å². The zero-order valence-electron chi connectivity index (χ0n) is 3.84. The fourth-order valence-corrected chi connectivity index (χ4v) is 0.481. The Labute approximate surface area is 49.2 Å². The summed E-state index contributed by atoms with van der Waals surface area (Å²) in [6, 6.07) is 0. The van der Waals surface area contributed by atoms with Crippen molar-refractivity contribution in [2.45, 2.75) is 4.83 Å². The van der Waals surface area contributed by atoms with Crippen LogP contribution in [0.25, 0.3) is 0 Å². The number of halogens is 3. The van der Waals surface area contributed by atoms with Gasteiger partial charge in [-0.25, -0.2) is 0 Å². The first-order chi connectivity index (χ1) is 3.06. The van der Waals surface area contributed by atoms with E-state index in [-0.39, 0.29) is 6.54 Å². The van der Waals surface area contributed by atoms with E-state index in [1.54, 1.807) is 0 Å². The summed E-state index contributed by atoms with van der Waals surface area (Å²) < 4.78 is 23.2. The van der Waals surface area contributed by atoms with E-state index >= 15 is 0 Å². The molecule has 0 amide bonds. The molecular formula is C3H6BrF2N. The van der Waals surface area contributed by atoms with Crippen LogP contribution in [0.15, 0.2) is 0 Å². The van der Waals surface area contributed by atoms with E-state index < -0.39 is 4.83 Å². The highest BCUT2D eigenvalue weighted by molar-refractivity contribution is 9.10. The van der Waals surface area contributed by atoms with Crippen molar-refractivity contribution in [1.82, 2.24) is 5.32 Å². The number of alkyl halides is 3. The summed E-state index contributed by atoms with van der Waals surface area (Å²) in [6.07, 6.45) is 0. The van der Waals surface area contributed by atoms with Crippen molar-refractivity contribution in [3.8, 4) is 0 Å². The molecule has 44 valence electrons. The first-order valence-corrected chi connectivity index (χ1v) is 2.57. The van der Waals surface area contributed by atoms with Gasteiger partial charge in [-0.1, -0.05) is 0 Å². The van der Waals surface area contributed by atoms with Crippen molar-refractivity contribution in [1.29, 1.82) is 0 Å². The van der Waals surface area contributed by atoms with Crippen LogP contribution in [0.3, 0.4) is 0 Å². The Kier molecular flexibility index (Phi) is 2.68. The molecule has 0 aromatic carbocycles. The molecule has 0 atom stereocenters. The lowest BCUT2D eigenvalue weighted by Crippen LogP contribution is -2.23. The van der Waals surface area contributed by atoms with Gasteiger partial charge in [0.05, 0.1) is 6.54 Å². The molecule has 4 heteroatoms. The van der Waals surface area contributed by atoms with E-state index in [1.165, 1.54) is 7.05 Å². The normalized spacial score (nSPS) is 12.0. The fourth-order valence-electron chi connectivity index (χ4n) is 0.200. The highest BCUT2D eigenvalue weighted by atomic mass is 79.9. The molecule has 0 unspecified atom stereocenters. The largest absolute Gasteiger partial charge is 0.313 e. The van der Waals surface area contributed by atoms with E-state index in [1.807, 2.05) is 0 Å². The van der Waals surface area contributed by atoms with Crippen LogP contribution in [0.5, 0.6) is 0 Å². The number of nitrogens with one attached hydrogen (secondary N) is 1. The Morgan fingerprint density at radius 3 is 2.14 bits per heavy atom. The molecule has 0 heterocycles. The second kappa shape index (κ2) is 2.57. The standard InChI is InChI=1S/C3H6BrF2N/c1-7-2-3(4,5)6/h7H,2H2,1H3. The van der Waals surface area contributed by atoms with Crippen LogP contribution < -0.4 is 5.32 Å². The third-order valence-electron chi connectivity index (χ3n) is 0.377. The van der Waals surface area contributed by atoms with Gasteiger partial charge in [0.15, 0.2) is 0 Å². The van der Waals surface area contributed by atoms with Gasteiger partial charge >= 0.3 is 4.83 Å².